The van der Waals surface area contributed by atoms with Crippen molar-refractivity contribution >= 4 is 5.97 Å². The van der Waals surface area contributed by atoms with E-state index in [4.69, 9.17) is 4.74 Å². The van der Waals surface area contributed by atoms with Crippen LogP contribution in [0.2, 0.25) is 0 Å². The van der Waals surface area contributed by atoms with E-state index in [-0.39, 0.29) is 11.3 Å². The number of ether oxygens (including phenoxy) is 2. The van der Waals surface area contributed by atoms with E-state index in [9.17, 15) is 13.6 Å². The van der Waals surface area contributed by atoms with Crippen LogP contribution in [0.5, 0.6) is 5.75 Å². The molecule has 88 valence electrons. The first kappa shape index (κ1) is 12.4. The summed E-state index contributed by atoms with van der Waals surface area (Å²) in [5.74, 6) is -0.259. The van der Waals surface area contributed by atoms with Gasteiger partial charge in [0.25, 0.3) is 6.43 Å². The lowest BCUT2D eigenvalue weighted by Gasteiger charge is -2.09. The highest BCUT2D eigenvalue weighted by Gasteiger charge is 2.10. The van der Waals surface area contributed by atoms with Crippen molar-refractivity contribution in [3.05, 3.63) is 29.3 Å². The first-order valence-electron chi connectivity index (χ1n) is 4.64. The predicted octanol–water partition coefficient (Wildman–Crippen LogP) is 2.43. The van der Waals surface area contributed by atoms with E-state index >= 15 is 0 Å². The second kappa shape index (κ2) is 5.44. The number of methoxy groups -OCH3 is 1. The standard InChI is InChI=1S/C11H12F2O3/c1-7-3-4-8(11(14)15-2)5-9(7)16-6-10(12)13/h3-5,10H,6H2,1-2H3. The molecule has 1 rings (SSSR count). The second-order valence-corrected chi connectivity index (χ2v) is 3.17. The molecule has 5 heteroatoms. The van der Waals surface area contributed by atoms with Crippen molar-refractivity contribution < 1.29 is 23.0 Å². The van der Waals surface area contributed by atoms with Gasteiger partial charge in [0.1, 0.15) is 12.4 Å². The fourth-order valence-electron chi connectivity index (χ4n) is 1.15. The third-order valence-electron chi connectivity index (χ3n) is 1.97. The van der Waals surface area contributed by atoms with E-state index < -0.39 is 19.0 Å². The summed E-state index contributed by atoms with van der Waals surface area (Å²) in [7, 11) is 1.25. The van der Waals surface area contributed by atoms with Crippen LogP contribution >= 0.6 is 0 Å². The maximum atomic E-state index is 12.0. The highest BCUT2D eigenvalue weighted by Crippen LogP contribution is 2.20. The number of carbonyl (C=O) groups is 1. The van der Waals surface area contributed by atoms with Gasteiger partial charge in [-0.15, -0.1) is 0 Å². The summed E-state index contributed by atoms with van der Waals surface area (Å²) in [6.07, 6.45) is -2.54. The molecule has 0 bridgehead atoms. The molecule has 0 unspecified atom stereocenters. The van der Waals surface area contributed by atoms with Gasteiger partial charge in [-0.1, -0.05) is 6.07 Å². The van der Waals surface area contributed by atoms with Crippen molar-refractivity contribution in [3.63, 3.8) is 0 Å². The molecule has 0 radical (unpaired) electrons. The van der Waals surface area contributed by atoms with Gasteiger partial charge in [0, 0.05) is 0 Å². The van der Waals surface area contributed by atoms with Crippen LogP contribution in [0.1, 0.15) is 15.9 Å². The first-order chi connectivity index (χ1) is 7.54. The molecule has 0 saturated heterocycles. The Hall–Kier alpha value is -1.65. The Morgan fingerprint density at radius 3 is 2.69 bits per heavy atom. The first-order valence-corrected chi connectivity index (χ1v) is 4.64. The number of rotatable bonds is 4. The molecule has 0 aliphatic carbocycles. The van der Waals surface area contributed by atoms with Crippen LogP contribution in [-0.4, -0.2) is 26.1 Å². The number of hydrogen-bond donors (Lipinski definition) is 0. The Balaban J connectivity index is 2.86. The van der Waals surface area contributed by atoms with Crippen LogP contribution in [0.4, 0.5) is 8.78 Å². The van der Waals surface area contributed by atoms with E-state index in [1.165, 1.54) is 13.2 Å². The van der Waals surface area contributed by atoms with Gasteiger partial charge in [0.15, 0.2) is 0 Å². The lowest BCUT2D eigenvalue weighted by atomic mass is 10.1. The summed E-state index contributed by atoms with van der Waals surface area (Å²) in [4.78, 5) is 11.2. The van der Waals surface area contributed by atoms with E-state index in [2.05, 4.69) is 4.74 Å². The van der Waals surface area contributed by atoms with Crippen molar-refractivity contribution in [1.29, 1.82) is 0 Å². The molecule has 0 fully saturated rings. The van der Waals surface area contributed by atoms with Gasteiger partial charge in [-0.2, -0.15) is 0 Å². The Bertz CT molecular complexity index is 377. The molecule has 0 heterocycles. The number of hydrogen-bond acceptors (Lipinski definition) is 3. The molecule has 16 heavy (non-hydrogen) atoms. The zero-order valence-corrected chi connectivity index (χ0v) is 9.00. The average molecular weight is 230 g/mol. The zero-order chi connectivity index (χ0) is 12.1. The Kier molecular flexibility index (Phi) is 4.22. The van der Waals surface area contributed by atoms with Gasteiger partial charge in [-0.3, -0.25) is 0 Å². The fourth-order valence-corrected chi connectivity index (χ4v) is 1.15. The van der Waals surface area contributed by atoms with Crippen LogP contribution < -0.4 is 4.74 Å². The highest BCUT2D eigenvalue weighted by molar-refractivity contribution is 5.89. The molecule has 0 aliphatic rings. The third kappa shape index (κ3) is 3.18. The Morgan fingerprint density at radius 2 is 2.12 bits per heavy atom. The van der Waals surface area contributed by atoms with Gasteiger partial charge >= 0.3 is 5.97 Å². The van der Waals surface area contributed by atoms with Crippen molar-refractivity contribution in [2.45, 2.75) is 13.3 Å². The molecule has 1 aromatic carbocycles. The van der Waals surface area contributed by atoms with Crippen molar-refractivity contribution in [1.82, 2.24) is 0 Å². The summed E-state index contributed by atoms with van der Waals surface area (Å²) in [5, 5.41) is 0. The van der Waals surface area contributed by atoms with Gasteiger partial charge < -0.3 is 9.47 Å². The summed E-state index contributed by atoms with van der Waals surface area (Å²) >= 11 is 0. The molecule has 0 spiro atoms. The summed E-state index contributed by atoms with van der Waals surface area (Å²) < 4.78 is 33.3. The molecular weight excluding hydrogens is 218 g/mol. The molecule has 0 atom stereocenters. The van der Waals surface area contributed by atoms with Crippen molar-refractivity contribution in [3.8, 4) is 5.75 Å². The normalized spacial score (nSPS) is 10.3. The molecule has 0 aliphatic heterocycles. The van der Waals surface area contributed by atoms with Gasteiger partial charge in [-0.05, 0) is 24.6 Å². The average Bonchev–Trinajstić information content (AvgIpc) is 2.26. The maximum Gasteiger partial charge on any atom is 0.337 e. The van der Waals surface area contributed by atoms with Crippen LogP contribution in [0.3, 0.4) is 0 Å². The molecule has 1 aromatic rings. The molecule has 0 saturated carbocycles. The lowest BCUT2D eigenvalue weighted by molar-refractivity contribution is 0.0599. The minimum atomic E-state index is -2.54. The van der Waals surface area contributed by atoms with Crippen LogP contribution in [0.25, 0.3) is 0 Å². The number of esters is 1. The monoisotopic (exact) mass is 230 g/mol. The molecule has 3 nitrogen and oxygen atoms in total. The number of alkyl halides is 2. The topological polar surface area (TPSA) is 35.5 Å². The molecule has 0 amide bonds. The van der Waals surface area contributed by atoms with E-state index in [1.54, 1.807) is 19.1 Å². The summed E-state index contributed by atoms with van der Waals surface area (Å²) in [5.41, 5.74) is 0.964. The summed E-state index contributed by atoms with van der Waals surface area (Å²) in [6, 6.07) is 4.56. The van der Waals surface area contributed by atoms with Gasteiger partial charge in [0.05, 0.1) is 12.7 Å². The fraction of sp³-hybridized carbons (Fsp3) is 0.364. The highest BCUT2D eigenvalue weighted by atomic mass is 19.3. The zero-order valence-electron chi connectivity index (χ0n) is 9.00. The van der Waals surface area contributed by atoms with E-state index in [1.807, 2.05) is 0 Å². The van der Waals surface area contributed by atoms with Gasteiger partial charge in [-0.25, -0.2) is 13.6 Å². The third-order valence-corrected chi connectivity index (χ3v) is 1.97. The van der Waals surface area contributed by atoms with Gasteiger partial charge in [0.2, 0.25) is 0 Å². The SMILES string of the molecule is COC(=O)c1ccc(C)c(OCC(F)F)c1. The van der Waals surface area contributed by atoms with E-state index in [0.717, 1.165) is 0 Å². The maximum absolute atomic E-state index is 12.0. The smallest absolute Gasteiger partial charge is 0.337 e. The minimum Gasteiger partial charge on any atom is -0.487 e. The van der Waals surface area contributed by atoms with Crippen LogP contribution in [-0.2, 0) is 4.74 Å². The van der Waals surface area contributed by atoms with E-state index in [0.29, 0.717) is 5.56 Å². The quantitative estimate of drug-likeness (QED) is 0.745. The van der Waals surface area contributed by atoms with Crippen LogP contribution in [0, 0.1) is 6.92 Å². The predicted molar refractivity (Wildman–Crippen MR) is 54.0 cm³/mol. The van der Waals surface area contributed by atoms with Crippen molar-refractivity contribution in [2.75, 3.05) is 13.7 Å². The second-order valence-electron chi connectivity index (χ2n) is 3.17. The Morgan fingerprint density at radius 1 is 1.44 bits per heavy atom. The Labute approximate surface area is 92.0 Å². The number of halogens is 2. The minimum absolute atomic E-state index is 0.267. The van der Waals surface area contributed by atoms with Crippen molar-refractivity contribution in [2.24, 2.45) is 0 Å². The molecule has 0 N–H and O–H groups in total. The van der Waals surface area contributed by atoms with Crippen LogP contribution in [0.15, 0.2) is 18.2 Å². The molecular formula is C11H12F2O3. The number of carbonyl (C=O) groups excluding carboxylic acids is 1. The lowest BCUT2D eigenvalue weighted by Crippen LogP contribution is -2.09. The largest absolute Gasteiger partial charge is 0.487 e. The number of benzene rings is 1. The molecule has 0 aromatic heterocycles. The summed E-state index contributed by atoms with van der Waals surface area (Å²) in [6.45, 7) is 1.02. The number of aryl methyl sites for hydroxylation is 1.